The number of rotatable bonds is 5. The Morgan fingerprint density at radius 2 is 1.94 bits per heavy atom. The molecule has 1 fully saturated rings. The first kappa shape index (κ1) is 22.9. The molecule has 1 aromatic carbocycles. The van der Waals surface area contributed by atoms with Gasteiger partial charge in [0, 0.05) is 10.9 Å². The number of nitrogens with one attached hydrogen (secondary N) is 1. The minimum Gasteiger partial charge on any atom is -0.447 e. The van der Waals surface area contributed by atoms with Gasteiger partial charge in [-0.3, -0.25) is 0 Å². The van der Waals surface area contributed by atoms with E-state index in [1.54, 1.807) is 6.07 Å². The van der Waals surface area contributed by atoms with Gasteiger partial charge in [0.2, 0.25) is 0 Å². The Bertz CT molecular complexity index is 916. The predicted molar refractivity (Wildman–Crippen MR) is 104 cm³/mol. The highest BCUT2D eigenvalue weighted by molar-refractivity contribution is 7.13. The number of para-hydroxylation sites is 1. The van der Waals surface area contributed by atoms with Crippen LogP contribution in [0.4, 0.5) is 28.0 Å². The molecule has 2 heterocycles. The maximum absolute atomic E-state index is 12.9. The first-order valence-electron chi connectivity index (χ1n) is 9.36. The number of anilines is 1. The molecule has 3 rings (SSSR count). The number of carbonyl (C=O) groups is 2. The monoisotopic (exact) mass is 461 g/mol. The number of thiazole rings is 1. The van der Waals surface area contributed by atoms with E-state index in [0.717, 1.165) is 37.3 Å². The number of halogens is 4. The van der Waals surface area contributed by atoms with Crippen LogP contribution in [0.5, 0.6) is 0 Å². The molecular formula is C19H19F4N3O4S. The van der Waals surface area contributed by atoms with Crippen molar-refractivity contribution in [3.05, 3.63) is 35.3 Å². The lowest BCUT2D eigenvalue weighted by Crippen LogP contribution is -2.40. The first-order valence-corrected chi connectivity index (χ1v) is 10.2. The molecule has 0 aliphatic carbocycles. The molecule has 2 aromatic rings. The topological polar surface area (TPSA) is 80.8 Å². The summed E-state index contributed by atoms with van der Waals surface area (Å²) in [6.07, 6.45) is -5.13. The van der Waals surface area contributed by atoms with Crippen molar-refractivity contribution in [2.75, 3.05) is 24.8 Å². The second-order valence-electron chi connectivity index (χ2n) is 6.74. The molecule has 1 saturated heterocycles. The smallest absolute Gasteiger partial charge is 0.447 e. The first-order chi connectivity index (χ1) is 14.8. The van der Waals surface area contributed by atoms with E-state index >= 15 is 0 Å². The van der Waals surface area contributed by atoms with Crippen LogP contribution in [0.2, 0.25) is 0 Å². The molecular weight excluding hydrogens is 442 g/mol. The molecule has 0 radical (unpaired) electrons. The highest BCUT2D eigenvalue weighted by atomic mass is 32.1. The van der Waals surface area contributed by atoms with Gasteiger partial charge in [-0.1, -0.05) is 12.1 Å². The minimum atomic E-state index is -5.33. The highest BCUT2D eigenvalue weighted by Gasteiger charge is 2.44. The summed E-state index contributed by atoms with van der Waals surface area (Å²) in [5.41, 5.74) is 0.123. The largest absolute Gasteiger partial charge is 0.493 e. The number of hydrogen-bond acceptors (Lipinski definition) is 7. The van der Waals surface area contributed by atoms with Crippen LogP contribution < -0.4 is 10.4 Å². The summed E-state index contributed by atoms with van der Waals surface area (Å²) in [5, 5.41) is 4.99. The molecule has 12 heteroatoms. The number of ether oxygens (including phenoxy) is 1. The summed E-state index contributed by atoms with van der Waals surface area (Å²) in [7, 11) is 0. The Hall–Kier alpha value is -2.73. The van der Waals surface area contributed by atoms with Crippen LogP contribution >= 0.6 is 11.3 Å². The van der Waals surface area contributed by atoms with Crippen LogP contribution in [0.1, 0.15) is 18.5 Å². The van der Waals surface area contributed by atoms with Crippen LogP contribution in [-0.2, 0) is 21.0 Å². The molecule has 1 aromatic heterocycles. The van der Waals surface area contributed by atoms with E-state index in [-0.39, 0.29) is 39.5 Å². The third kappa shape index (κ3) is 5.91. The number of piperidine rings is 1. The zero-order valence-electron chi connectivity index (χ0n) is 16.2. The molecule has 1 N–H and O–H groups in total. The van der Waals surface area contributed by atoms with Gasteiger partial charge >= 0.3 is 18.2 Å². The Morgan fingerprint density at radius 1 is 1.23 bits per heavy atom. The van der Waals surface area contributed by atoms with Gasteiger partial charge in [-0.05, 0) is 44.0 Å². The molecule has 1 aliphatic rings. The summed E-state index contributed by atoms with van der Waals surface area (Å²) in [6.45, 7) is 0.604. The number of aromatic nitrogens is 1. The molecule has 0 saturated carbocycles. The molecule has 1 amide bonds. The molecule has 0 unspecified atom stereocenters. The zero-order valence-corrected chi connectivity index (χ0v) is 17.0. The summed E-state index contributed by atoms with van der Waals surface area (Å²) < 4.78 is 56.5. The zero-order chi connectivity index (χ0) is 22.4. The van der Waals surface area contributed by atoms with Crippen molar-refractivity contribution in [1.29, 1.82) is 0 Å². The number of hydrogen-bond donors (Lipinski definition) is 1. The Balaban J connectivity index is 1.88. The van der Waals surface area contributed by atoms with E-state index in [0.29, 0.717) is 0 Å². The van der Waals surface area contributed by atoms with Crippen LogP contribution in [0.15, 0.2) is 29.6 Å². The van der Waals surface area contributed by atoms with Crippen LogP contribution in [0.25, 0.3) is 10.6 Å². The van der Waals surface area contributed by atoms with E-state index in [4.69, 9.17) is 4.74 Å². The maximum atomic E-state index is 12.9. The maximum Gasteiger partial charge on any atom is 0.493 e. The van der Waals surface area contributed by atoms with Crippen LogP contribution in [0.3, 0.4) is 0 Å². The average molecular weight is 461 g/mol. The second kappa shape index (κ2) is 10.1. The number of benzene rings is 1. The minimum absolute atomic E-state index is 0.0340. The summed E-state index contributed by atoms with van der Waals surface area (Å²) >= 11 is 1.03. The van der Waals surface area contributed by atoms with Crippen molar-refractivity contribution >= 4 is 29.1 Å². The van der Waals surface area contributed by atoms with E-state index < -0.39 is 24.9 Å². The van der Waals surface area contributed by atoms with Crippen molar-refractivity contribution in [3.63, 3.8) is 0 Å². The molecule has 31 heavy (non-hydrogen) atoms. The summed E-state index contributed by atoms with van der Waals surface area (Å²) in [5.74, 6) is -2.55. The normalized spacial score (nSPS) is 14.8. The van der Waals surface area contributed by atoms with E-state index in [1.165, 1.54) is 23.6 Å². The third-order valence-corrected chi connectivity index (χ3v) is 5.44. The fraction of sp³-hybridized carbons (Fsp3) is 0.421. The molecule has 0 atom stereocenters. The SMILES string of the molecule is O=C(OCC1CCNCC1)N(OC(=O)C(F)(F)F)c1ccccc1-c1nc(CF)cs1. The fourth-order valence-electron chi connectivity index (χ4n) is 2.94. The molecule has 0 spiro atoms. The standard InChI is InChI=1S/C19H19F4N3O4S/c20-9-13-11-31-16(25-13)14-3-1-2-4-15(14)26(30-17(27)19(21,22)23)18(28)29-10-12-5-7-24-8-6-12/h1-4,11-12,24H,5-10H2. The third-order valence-electron chi connectivity index (χ3n) is 4.51. The number of hydroxylamine groups is 1. The summed E-state index contributed by atoms with van der Waals surface area (Å²) in [4.78, 5) is 32.6. The fourth-order valence-corrected chi connectivity index (χ4v) is 3.77. The van der Waals surface area contributed by atoms with E-state index in [1.807, 2.05) is 0 Å². The van der Waals surface area contributed by atoms with Gasteiger partial charge in [0.15, 0.2) is 0 Å². The van der Waals surface area contributed by atoms with Crippen molar-refractivity contribution in [1.82, 2.24) is 10.3 Å². The average Bonchev–Trinajstić information content (AvgIpc) is 3.25. The lowest BCUT2D eigenvalue weighted by atomic mass is 9.99. The number of carbonyl (C=O) groups excluding carboxylic acids is 2. The second-order valence-corrected chi connectivity index (χ2v) is 7.59. The lowest BCUT2D eigenvalue weighted by molar-refractivity contribution is -0.200. The van der Waals surface area contributed by atoms with Crippen LogP contribution in [0, 0.1) is 5.92 Å². The van der Waals surface area contributed by atoms with Crippen molar-refractivity contribution in [2.24, 2.45) is 5.92 Å². The summed E-state index contributed by atoms with van der Waals surface area (Å²) in [6, 6.07) is 5.74. The molecule has 1 aliphatic heterocycles. The van der Waals surface area contributed by atoms with Gasteiger partial charge in [0.05, 0.1) is 18.0 Å². The van der Waals surface area contributed by atoms with Gasteiger partial charge in [0.1, 0.15) is 11.7 Å². The lowest BCUT2D eigenvalue weighted by Gasteiger charge is -2.25. The molecule has 7 nitrogen and oxygen atoms in total. The Kier molecular flexibility index (Phi) is 7.44. The Labute approximate surface area is 178 Å². The van der Waals surface area contributed by atoms with E-state index in [2.05, 4.69) is 15.1 Å². The van der Waals surface area contributed by atoms with Gasteiger partial charge in [0.25, 0.3) is 0 Å². The van der Waals surface area contributed by atoms with E-state index in [9.17, 15) is 27.2 Å². The van der Waals surface area contributed by atoms with Gasteiger partial charge in [-0.15, -0.1) is 16.4 Å². The van der Waals surface area contributed by atoms with Crippen molar-refractivity contribution in [3.8, 4) is 10.6 Å². The quantitative estimate of drug-likeness (QED) is 0.530. The number of amides is 1. The Morgan fingerprint density at radius 3 is 2.58 bits per heavy atom. The molecule has 168 valence electrons. The van der Waals surface area contributed by atoms with Gasteiger partial charge < -0.3 is 14.9 Å². The number of alkyl halides is 4. The van der Waals surface area contributed by atoms with Crippen molar-refractivity contribution in [2.45, 2.75) is 25.7 Å². The van der Waals surface area contributed by atoms with Crippen molar-refractivity contribution < 1.29 is 36.7 Å². The highest BCUT2D eigenvalue weighted by Crippen LogP contribution is 2.34. The molecule has 0 bridgehead atoms. The van der Waals surface area contributed by atoms with Gasteiger partial charge in [-0.25, -0.2) is 19.0 Å². The van der Waals surface area contributed by atoms with Crippen LogP contribution in [-0.4, -0.2) is 42.9 Å². The predicted octanol–water partition coefficient (Wildman–Crippen LogP) is 4.24. The van der Waals surface area contributed by atoms with Gasteiger partial charge in [-0.2, -0.15) is 13.2 Å². The number of nitrogens with zero attached hydrogens (tertiary/aromatic N) is 2.